The number of methoxy groups -OCH3 is 2. The molecule has 18 heavy (non-hydrogen) atoms. The highest BCUT2D eigenvalue weighted by Crippen LogP contribution is 2.25. The molecule has 0 fully saturated rings. The van der Waals surface area contributed by atoms with E-state index in [1.807, 2.05) is 0 Å². The molecule has 0 aliphatic rings. The molecule has 0 aliphatic heterocycles. The summed E-state index contributed by atoms with van der Waals surface area (Å²) < 4.78 is 9.57. The molecule has 96 valence electrons. The van der Waals surface area contributed by atoms with Crippen molar-refractivity contribution in [2.45, 2.75) is 12.5 Å². The molecule has 1 rings (SSSR count). The summed E-state index contributed by atoms with van der Waals surface area (Å²) in [6.45, 7) is 0. The zero-order valence-corrected chi connectivity index (χ0v) is 10.7. The second kappa shape index (κ2) is 6.74. The van der Waals surface area contributed by atoms with Crippen LogP contribution in [0.3, 0.4) is 0 Å². The summed E-state index contributed by atoms with van der Waals surface area (Å²) in [5, 5.41) is 3.82. The van der Waals surface area contributed by atoms with E-state index in [-0.39, 0.29) is 6.42 Å². The number of esters is 1. The van der Waals surface area contributed by atoms with Crippen LogP contribution in [0, 0.1) is 0 Å². The SMILES string of the molecule is COC(=O)C(Cc1ccc(OC)c(Cl)c1)N=[N+]=[N-]. The highest BCUT2D eigenvalue weighted by Gasteiger charge is 2.18. The van der Waals surface area contributed by atoms with Gasteiger partial charge in [-0.25, -0.2) is 0 Å². The first-order valence-corrected chi connectivity index (χ1v) is 5.44. The van der Waals surface area contributed by atoms with Crippen LogP contribution in [0.2, 0.25) is 5.02 Å². The second-order valence-electron chi connectivity index (χ2n) is 3.42. The van der Waals surface area contributed by atoms with Crippen molar-refractivity contribution >= 4 is 17.6 Å². The zero-order chi connectivity index (χ0) is 13.5. The molecule has 0 saturated heterocycles. The maximum absolute atomic E-state index is 11.4. The highest BCUT2D eigenvalue weighted by molar-refractivity contribution is 6.32. The molecule has 0 spiro atoms. The van der Waals surface area contributed by atoms with E-state index in [9.17, 15) is 4.79 Å². The van der Waals surface area contributed by atoms with Crippen molar-refractivity contribution in [3.8, 4) is 5.75 Å². The van der Waals surface area contributed by atoms with E-state index < -0.39 is 12.0 Å². The van der Waals surface area contributed by atoms with Gasteiger partial charge in [0.05, 0.1) is 19.2 Å². The normalized spacial score (nSPS) is 11.3. The lowest BCUT2D eigenvalue weighted by atomic mass is 10.1. The molecule has 0 bridgehead atoms. The predicted octanol–water partition coefficient (Wildman–Crippen LogP) is 2.74. The van der Waals surface area contributed by atoms with Crippen molar-refractivity contribution in [2.24, 2.45) is 5.11 Å². The van der Waals surface area contributed by atoms with Crippen molar-refractivity contribution in [1.29, 1.82) is 0 Å². The molecule has 0 aromatic heterocycles. The Morgan fingerprint density at radius 1 is 1.56 bits per heavy atom. The maximum atomic E-state index is 11.4. The Morgan fingerprint density at radius 2 is 2.28 bits per heavy atom. The lowest BCUT2D eigenvalue weighted by Crippen LogP contribution is -2.22. The van der Waals surface area contributed by atoms with E-state index in [2.05, 4.69) is 14.8 Å². The molecule has 0 aliphatic carbocycles. The largest absolute Gasteiger partial charge is 0.495 e. The van der Waals surface area contributed by atoms with Crippen LogP contribution in [-0.4, -0.2) is 26.2 Å². The smallest absolute Gasteiger partial charge is 0.314 e. The van der Waals surface area contributed by atoms with E-state index >= 15 is 0 Å². The molecule has 0 saturated carbocycles. The third-order valence-corrected chi connectivity index (χ3v) is 2.60. The Balaban J connectivity index is 2.90. The molecule has 0 heterocycles. The molecule has 7 heteroatoms. The van der Waals surface area contributed by atoms with Gasteiger partial charge in [0.1, 0.15) is 11.8 Å². The monoisotopic (exact) mass is 269 g/mol. The lowest BCUT2D eigenvalue weighted by Gasteiger charge is -2.10. The van der Waals surface area contributed by atoms with Gasteiger partial charge in [-0.05, 0) is 29.6 Å². The third kappa shape index (κ3) is 3.55. The number of ether oxygens (including phenoxy) is 2. The fraction of sp³-hybridized carbons (Fsp3) is 0.364. The summed E-state index contributed by atoms with van der Waals surface area (Å²) >= 11 is 5.96. The van der Waals surface area contributed by atoms with Gasteiger partial charge in [-0.3, -0.25) is 4.79 Å². The minimum atomic E-state index is -0.899. The van der Waals surface area contributed by atoms with E-state index in [1.165, 1.54) is 14.2 Å². The van der Waals surface area contributed by atoms with Crippen LogP contribution >= 0.6 is 11.6 Å². The molecule has 0 radical (unpaired) electrons. The van der Waals surface area contributed by atoms with Crippen molar-refractivity contribution < 1.29 is 14.3 Å². The summed E-state index contributed by atoms with van der Waals surface area (Å²) in [5.41, 5.74) is 9.15. The first-order chi connectivity index (χ1) is 8.62. The van der Waals surface area contributed by atoms with Gasteiger partial charge in [0.25, 0.3) is 0 Å². The summed E-state index contributed by atoms with van der Waals surface area (Å²) in [6, 6.07) is 4.18. The third-order valence-electron chi connectivity index (χ3n) is 2.31. The summed E-state index contributed by atoms with van der Waals surface area (Å²) in [5.74, 6) is -0.0430. The second-order valence-corrected chi connectivity index (χ2v) is 3.82. The number of carbonyl (C=O) groups excluding carboxylic acids is 1. The topological polar surface area (TPSA) is 84.3 Å². The van der Waals surface area contributed by atoms with E-state index in [0.29, 0.717) is 10.8 Å². The number of benzene rings is 1. The van der Waals surface area contributed by atoms with Crippen LogP contribution in [0.4, 0.5) is 0 Å². The predicted molar refractivity (Wildman–Crippen MR) is 66.7 cm³/mol. The molecule has 6 nitrogen and oxygen atoms in total. The average molecular weight is 270 g/mol. The Morgan fingerprint density at radius 3 is 2.78 bits per heavy atom. The molecule has 1 aromatic carbocycles. The van der Waals surface area contributed by atoms with Gasteiger partial charge < -0.3 is 9.47 Å². The highest BCUT2D eigenvalue weighted by atomic mass is 35.5. The summed E-state index contributed by atoms with van der Waals surface area (Å²) in [4.78, 5) is 14.0. The molecule has 1 aromatic rings. The van der Waals surface area contributed by atoms with Gasteiger partial charge in [0.15, 0.2) is 0 Å². The number of halogens is 1. The van der Waals surface area contributed by atoms with Crippen molar-refractivity contribution in [3.05, 3.63) is 39.2 Å². The van der Waals surface area contributed by atoms with Gasteiger partial charge in [-0.2, -0.15) is 0 Å². The first-order valence-electron chi connectivity index (χ1n) is 5.06. The van der Waals surface area contributed by atoms with Crippen LogP contribution in [0.5, 0.6) is 5.75 Å². The van der Waals surface area contributed by atoms with Crippen LogP contribution in [-0.2, 0) is 16.0 Å². The summed E-state index contributed by atoms with van der Waals surface area (Å²) in [6.07, 6.45) is 0.223. The van der Waals surface area contributed by atoms with Gasteiger partial charge in [0.2, 0.25) is 0 Å². The quantitative estimate of drug-likeness (QED) is 0.356. The Bertz CT molecular complexity index is 486. The average Bonchev–Trinajstić information content (AvgIpc) is 2.37. The fourth-order valence-corrected chi connectivity index (χ4v) is 1.71. The standard InChI is InChI=1S/C11H12ClN3O3/c1-17-10-4-3-7(5-8(10)12)6-9(14-15-13)11(16)18-2/h3-5,9H,6H2,1-2H3. The Hall–Kier alpha value is -1.91. The lowest BCUT2D eigenvalue weighted by molar-refractivity contribution is -0.142. The number of hydrogen-bond donors (Lipinski definition) is 0. The molecule has 1 unspecified atom stereocenters. The number of rotatable bonds is 5. The maximum Gasteiger partial charge on any atom is 0.314 e. The number of nitrogens with zero attached hydrogens (tertiary/aromatic N) is 3. The molecular formula is C11H12ClN3O3. The van der Waals surface area contributed by atoms with Gasteiger partial charge in [-0.15, -0.1) is 0 Å². The Kier molecular flexibility index (Phi) is 5.30. The van der Waals surface area contributed by atoms with Crippen molar-refractivity contribution in [2.75, 3.05) is 14.2 Å². The first kappa shape index (κ1) is 14.2. The minimum Gasteiger partial charge on any atom is -0.495 e. The molecule has 0 amide bonds. The van der Waals surface area contributed by atoms with Gasteiger partial charge in [-0.1, -0.05) is 22.8 Å². The van der Waals surface area contributed by atoms with Crippen LogP contribution in [0.25, 0.3) is 10.4 Å². The number of azide groups is 1. The van der Waals surface area contributed by atoms with Gasteiger partial charge >= 0.3 is 5.97 Å². The van der Waals surface area contributed by atoms with Crippen molar-refractivity contribution in [3.63, 3.8) is 0 Å². The van der Waals surface area contributed by atoms with E-state index in [1.54, 1.807) is 18.2 Å². The number of carbonyl (C=O) groups is 1. The zero-order valence-electron chi connectivity index (χ0n) is 9.96. The van der Waals surface area contributed by atoms with E-state index in [4.69, 9.17) is 21.9 Å². The molecule has 1 atom stereocenters. The fourth-order valence-electron chi connectivity index (χ4n) is 1.43. The van der Waals surface area contributed by atoms with Gasteiger partial charge in [0, 0.05) is 4.91 Å². The van der Waals surface area contributed by atoms with Crippen LogP contribution < -0.4 is 4.74 Å². The number of hydrogen-bond acceptors (Lipinski definition) is 4. The molecular weight excluding hydrogens is 258 g/mol. The summed E-state index contributed by atoms with van der Waals surface area (Å²) in [7, 11) is 2.75. The Labute approximate surface area is 109 Å². The van der Waals surface area contributed by atoms with Crippen LogP contribution in [0.15, 0.2) is 23.3 Å². The van der Waals surface area contributed by atoms with Crippen molar-refractivity contribution in [1.82, 2.24) is 0 Å². The molecule has 0 N–H and O–H groups in total. The van der Waals surface area contributed by atoms with Crippen LogP contribution in [0.1, 0.15) is 5.56 Å². The van der Waals surface area contributed by atoms with E-state index in [0.717, 1.165) is 5.56 Å². The minimum absolute atomic E-state index is 0.223.